The predicted molar refractivity (Wildman–Crippen MR) is 183 cm³/mol. The van der Waals surface area contributed by atoms with E-state index in [1.807, 2.05) is 6.92 Å². The van der Waals surface area contributed by atoms with Crippen LogP contribution in [0.1, 0.15) is 16.7 Å². The minimum Gasteiger partial charge on any atom is -0.508 e. The molecule has 0 aliphatic carbocycles. The van der Waals surface area contributed by atoms with E-state index >= 15 is 0 Å². The summed E-state index contributed by atoms with van der Waals surface area (Å²) in [6.45, 7) is 5.02. The van der Waals surface area contributed by atoms with Gasteiger partial charge < -0.3 is 51.1 Å². The van der Waals surface area contributed by atoms with E-state index < -0.39 is 54.9 Å². The maximum absolute atomic E-state index is 10.3. The van der Waals surface area contributed by atoms with E-state index in [1.54, 1.807) is 44.2 Å². The number of nitrogens with zero attached hydrogens (tertiary/aromatic N) is 3. The van der Waals surface area contributed by atoms with Gasteiger partial charge >= 0.3 is 17.1 Å². The lowest BCUT2D eigenvalue weighted by molar-refractivity contribution is -0.386. The highest BCUT2D eigenvalue weighted by Gasteiger charge is 2.20. The quantitative estimate of drug-likeness (QED) is 0.0566. The third-order valence-electron chi connectivity index (χ3n) is 6.06. The van der Waals surface area contributed by atoms with Crippen molar-refractivity contribution >= 4 is 17.1 Å². The van der Waals surface area contributed by atoms with E-state index in [4.69, 9.17) is 51.1 Å². The summed E-state index contributed by atoms with van der Waals surface area (Å²) in [5.74, 6) is -3.69. The van der Waals surface area contributed by atoms with Gasteiger partial charge in [-0.2, -0.15) is 0 Å². The summed E-state index contributed by atoms with van der Waals surface area (Å²) in [5, 5.41) is 119. The van der Waals surface area contributed by atoms with Crippen LogP contribution in [0.2, 0.25) is 0 Å². The number of nitro groups is 3. The van der Waals surface area contributed by atoms with Gasteiger partial charge in [0, 0.05) is 23.8 Å². The van der Waals surface area contributed by atoms with Crippen LogP contribution in [-0.2, 0) is 0 Å². The fraction of sp³-hybridized carbons (Fsp3) is 0.0909. The van der Waals surface area contributed by atoms with Gasteiger partial charge in [-0.1, -0.05) is 30.3 Å². The molecule has 0 aliphatic rings. The summed E-state index contributed by atoms with van der Waals surface area (Å²) in [6, 6.07) is 19.3. The Morgan fingerprint density at radius 2 is 0.885 bits per heavy atom. The highest BCUT2D eigenvalue weighted by Crippen LogP contribution is 2.38. The van der Waals surface area contributed by atoms with Gasteiger partial charge in [0.15, 0.2) is 34.5 Å². The van der Waals surface area contributed by atoms with Crippen LogP contribution in [0.25, 0.3) is 0 Å². The highest BCUT2D eigenvalue weighted by atomic mass is 16.6. The molecule has 0 atom stereocenters. The minimum absolute atomic E-state index is 0.0602. The zero-order chi connectivity index (χ0) is 39.9. The van der Waals surface area contributed by atoms with Crippen LogP contribution in [0.15, 0.2) is 84.9 Å². The van der Waals surface area contributed by atoms with Crippen molar-refractivity contribution in [3.63, 3.8) is 0 Å². The molecule has 276 valence electrons. The second-order valence-electron chi connectivity index (χ2n) is 10.2. The maximum Gasteiger partial charge on any atom is 0.352 e. The minimum atomic E-state index is -0.940. The Bertz CT molecular complexity index is 1970. The van der Waals surface area contributed by atoms with Gasteiger partial charge in [0.25, 0.3) is 0 Å². The molecule has 5 rings (SSSR count). The lowest BCUT2D eigenvalue weighted by atomic mass is 10.2. The molecule has 0 heterocycles. The van der Waals surface area contributed by atoms with Crippen LogP contribution in [-0.4, -0.2) is 65.8 Å². The first kappa shape index (κ1) is 42.3. The third-order valence-corrected chi connectivity index (χ3v) is 6.06. The molecule has 0 saturated carbocycles. The summed E-state index contributed by atoms with van der Waals surface area (Å²) < 4.78 is 0. The number of rotatable bonds is 3. The van der Waals surface area contributed by atoms with Crippen molar-refractivity contribution in [2.75, 3.05) is 0 Å². The molecule has 0 spiro atoms. The van der Waals surface area contributed by atoms with Crippen LogP contribution >= 0.6 is 0 Å². The van der Waals surface area contributed by atoms with Gasteiger partial charge in [-0.15, -0.1) is 0 Å². The number of benzene rings is 5. The van der Waals surface area contributed by atoms with Gasteiger partial charge in [0.05, 0.1) is 14.8 Å². The lowest BCUT2D eigenvalue weighted by Crippen LogP contribution is -1.91. The van der Waals surface area contributed by atoms with Gasteiger partial charge in [0.2, 0.25) is 17.2 Å². The molecule has 5 aromatic carbocycles. The number of aromatic hydroxyl groups is 10. The summed E-state index contributed by atoms with van der Waals surface area (Å²) in [7, 11) is 0. The summed E-state index contributed by atoms with van der Waals surface area (Å²) >= 11 is 0. The van der Waals surface area contributed by atoms with Crippen molar-refractivity contribution in [2.45, 2.75) is 20.8 Å². The molecule has 10 N–H and O–H groups in total. The topological polar surface area (TPSA) is 332 Å². The molecule has 5 aromatic rings. The molecule has 0 saturated heterocycles. The molecular weight excluding hydrogens is 694 g/mol. The zero-order valence-electron chi connectivity index (χ0n) is 27.3. The normalized spacial score (nSPS) is 9.52. The summed E-state index contributed by atoms with van der Waals surface area (Å²) in [4.78, 5) is 28.4. The zero-order valence-corrected chi connectivity index (χ0v) is 27.3. The van der Waals surface area contributed by atoms with E-state index in [-0.39, 0.29) is 34.4 Å². The maximum atomic E-state index is 10.3. The van der Waals surface area contributed by atoms with Crippen molar-refractivity contribution in [1.82, 2.24) is 0 Å². The number of para-hydroxylation sites is 3. The Labute approximate surface area is 293 Å². The Morgan fingerprint density at radius 1 is 0.423 bits per heavy atom. The van der Waals surface area contributed by atoms with Gasteiger partial charge in [-0.25, -0.2) is 0 Å². The van der Waals surface area contributed by atoms with Crippen molar-refractivity contribution < 1.29 is 65.8 Å². The van der Waals surface area contributed by atoms with Gasteiger partial charge in [-0.05, 0) is 68.3 Å². The van der Waals surface area contributed by atoms with Crippen LogP contribution in [0.3, 0.4) is 0 Å². The standard InChI is InChI=1S/C7H7NO4.C7H7NO3.C7H8O2.C6H5NO5.C6H6O2/c1-4-2-5(8(11)12)7(10)6(9)3-4;1-5-3-2-4-6(9)7(5)8(10)11;1-5-2-3-6(8)7(9)4-5;8-3-1-4(9)6(7(11)12)5(10)2-3;7-5-3-1-2-4-6(5)8/h2-3,9-10H,1H3;2-4,9H,1H3;2-4,8-9H,1H3;1-2,8-10H;1-4,7-8H. The molecule has 0 unspecified atom stereocenters. The van der Waals surface area contributed by atoms with E-state index in [0.29, 0.717) is 11.1 Å². The Hall–Kier alpha value is -7.70. The first-order chi connectivity index (χ1) is 24.2. The van der Waals surface area contributed by atoms with Crippen LogP contribution in [0.4, 0.5) is 17.1 Å². The fourth-order valence-electron chi connectivity index (χ4n) is 3.64. The van der Waals surface area contributed by atoms with E-state index in [0.717, 1.165) is 17.7 Å². The molecule has 52 heavy (non-hydrogen) atoms. The predicted octanol–water partition coefficient (Wildman–Crippen LogP) is 6.14. The first-order valence-corrected chi connectivity index (χ1v) is 14.1. The van der Waals surface area contributed by atoms with Crippen LogP contribution < -0.4 is 0 Å². The monoisotopic (exact) mass is 727 g/mol. The summed E-state index contributed by atoms with van der Waals surface area (Å²) in [5.41, 5.74) is 0.421. The molecule has 0 bridgehead atoms. The fourth-order valence-corrected chi connectivity index (χ4v) is 3.64. The summed E-state index contributed by atoms with van der Waals surface area (Å²) in [6.07, 6.45) is 0. The number of nitro benzene ring substituents is 3. The molecular formula is C33H33N3O16. The largest absolute Gasteiger partial charge is 0.508 e. The van der Waals surface area contributed by atoms with E-state index in [9.17, 15) is 30.3 Å². The Morgan fingerprint density at radius 3 is 1.27 bits per heavy atom. The number of phenols is 10. The molecule has 19 heteroatoms. The molecule has 19 nitrogen and oxygen atoms in total. The molecule has 0 amide bonds. The average molecular weight is 728 g/mol. The smallest absolute Gasteiger partial charge is 0.352 e. The Balaban J connectivity index is 0.000000327. The van der Waals surface area contributed by atoms with Crippen LogP contribution in [0, 0.1) is 51.1 Å². The molecule has 0 fully saturated rings. The van der Waals surface area contributed by atoms with Crippen molar-refractivity contribution in [3.8, 4) is 57.5 Å². The van der Waals surface area contributed by atoms with Crippen molar-refractivity contribution in [3.05, 3.63) is 132 Å². The van der Waals surface area contributed by atoms with E-state index in [2.05, 4.69) is 0 Å². The molecule has 0 radical (unpaired) electrons. The number of hydrogen-bond acceptors (Lipinski definition) is 16. The first-order valence-electron chi connectivity index (χ1n) is 14.1. The second-order valence-corrected chi connectivity index (χ2v) is 10.2. The van der Waals surface area contributed by atoms with Crippen molar-refractivity contribution in [2.24, 2.45) is 0 Å². The Kier molecular flexibility index (Phi) is 15.7. The molecule has 0 aliphatic heterocycles. The molecule has 0 aromatic heterocycles. The highest BCUT2D eigenvalue weighted by molar-refractivity contribution is 5.59. The second kappa shape index (κ2) is 19.3. The van der Waals surface area contributed by atoms with E-state index in [1.165, 1.54) is 42.5 Å². The SMILES string of the molecule is Cc1cc(O)c(O)c([N+](=O)[O-])c1.Cc1ccc(O)c(O)c1.Cc1cccc(O)c1[N+](=O)[O-].O=[N+]([O-])c1c(O)cc(O)cc1O.Oc1ccccc1O. The van der Waals surface area contributed by atoms with Gasteiger partial charge in [-0.3, -0.25) is 30.3 Å². The number of aryl methyl sites for hydroxylation is 3. The lowest BCUT2D eigenvalue weighted by Gasteiger charge is -1.99. The third kappa shape index (κ3) is 13.1. The van der Waals surface area contributed by atoms with Crippen molar-refractivity contribution in [1.29, 1.82) is 0 Å². The number of hydrogen-bond donors (Lipinski definition) is 10. The average Bonchev–Trinajstić information content (AvgIpc) is 3.02. The number of phenolic OH excluding ortho intramolecular Hbond substituents is 10. The van der Waals surface area contributed by atoms with Crippen LogP contribution in [0.5, 0.6) is 57.5 Å². The van der Waals surface area contributed by atoms with Gasteiger partial charge in [0.1, 0.15) is 5.75 Å².